The normalized spacial score (nSPS) is 8.89. The third-order valence-electron chi connectivity index (χ3n) is 0.825. The molecule has 4 nitrogen and oxygen atoms in total. The summed E-state index contributed by atoms with van der Waals surface area (Å²) >= 11 is 0. The van der Waals surface area contributed by atoms with Crippen molar-refractivity contribution in [3.05, 3.63) is 20.4 Å². The third-order valence-corrected chi connectivity index (χ3v) is 0.825. The Balaban J connectivity index is 0.000000640. The zero-order chi connectivity index (χ0) is 6.31. The number of hydrogen-bond donors (Lipinski definition) is 0. The van der Waals surface area contributed by atoms with Crippen LogP contribution >= 0.6 is 0 Å². The van der Waals surface area contributed by atoms with Crippen LogP contribution in [0, 0.1) is 0 Å². The van der Waals surface area contributed by atoms with Crippen molar-refractivity contribution in [2.45, 2.75) is 0 Å². The minimum absolute atomic E-state index is 0. The van der Waals surface area contributed by atoms with E-state index in [1.54, 1.807) is 0 Å². The molecule has 42 valence electrons. The second-order valence-corrected chi connectivity index (χ2v) is 1.32. The average Bonchev–Trinajstić information content (AvgIpc) is 1.83. The van der Waals surface area contributed by atoms with Gasteiger partial charge in [-0.15, -0.1) is 0 Å². The summed E-state index contributed by atoms with van der Waals surface area (Å²) in [4.78, 5) is 19.7. The van der Waals surface area contributed by atoms with Gasteiger partial charge in [-0.3, -0.25) is 9.59 Å². The number of hydrogen-bond acceptors (Lipinski definition) is 4. The molecule has 0 fully saturated rings. The Morgan fingerprint density at radius 3 is 1.22 bits per heavy atom. The van der Waals surface area contributed by atoms with E-state index in [4.69, 9.17) is 0 Å². The van der Waals surface area contributed by atoms with Crippen LogP contribution in [0.1, 0.15) is 0 Å². The molecule has 0 atom stereocenters. The van der Waals surface area contributed by atoms with Crippen molar-refractivity contribution in [2.75, 3.05) is 0 Å². The molecular formula is C4CaO4. The molecule has 0 spiro atoms. The van der Waals surface area contributed by atoms with Crippen LogP contribution in [-0.4, -0.2) is 37.7 Å². The number of rotatable bonds is 0. The van der Waals surface area contributed by atoms with Crippen LogP contribution < -0.4 is 21.1 Å². The van der Waals surface area contributed by atoms with E-state index in [1.165, 1.54) is 0 Å². The van der Waals surface area contributed by atoms with Gasteiger partial charge < -0.3 is 10.2 Å². The van der Waals surface area contributed by atoms with E-state index >= 15 is 0 Å². The first-order valence-electron chi connectivity index (χ1n) is 1.82. The zero-order valence-corrected chi connectivity index (χ0v) is 6.55. The maximum absolute atomic E-state index is 9.85. The predicted octanol–water partition coefficient (Wildman–Crippen LogP) is -2.95. The summed E-state index contributed by atoms with van der Waals surface area (Å²) in [5, 5.41) is 19.7. The molecular weight excluding hydrogens is 152 g/mol. The second-order valence-electron chi connectivity index (χ2n) is 1.32. The fraction of sp³-hybridized carbons (Fsp3) is 0. The van der Waals surface area contributed by atoms with Gasteiger partial charge in [-0.25, -0.2) is 0 Å². The SMILES string of the molecule is O=c1c([O-])c([O-])c1=O.[Ca+2]. The Bertz CT molecular complexity index is 253. The van der Waals surface area contributed by atoms with E-state index in [0.717, 1.165) is 0 Å². The first-order valence-corrected chi connectivity index (χ1v) is 1.82. The molecule has 0 amide bonds. The molecule has 0 saturated carbocycles. The van der Waals surface area contributed by atoms with Gasteiger partial charge >= 0.3 is 37.7 Å². The van der Waals surface area contributed by atoms with Crippen LogP contribution in [0.2, 0.25) is 0 Å². The first kappa shape index (κ1) is 8.94. The van der Waals surface area contributed by atoms with Gasteiger partial charge in [-0.1, -0.05) is 11.5 Å². The minimum atomic E-state index is -1.19. The van der Waals surface area contributed by atoms with Crippen LogP contribution in [0.15, 0.2) is 9.59 Å². The Morgan fingerprint density at radius 1 is 0.889 bits per heavy atom. The van der Waals surface area contributed by atoms with Crippen molar-refractivity contribution in [3.63, 3.8) is 0 Å². The molecule has 1 aromatic rings. The summed E-state index contributed by atoms with van der Waals surface area (Å²) in [5.41, 5.74) is -2.37. The van der Waals surface area contributed by atoms with Gasteiger partial charge in [-0.05, 0) is 0 Å². The Morgan fingerprint density at radius 2 is 1.11 bits per heavy atom. The molecule has 0 aromatic heterocycles. The summed E-state index contributed by atoms with van der Waals surface area (Å²) in [6.45, 7) is 0. The molecule has 0 saturated heterocycles. The smallest absolute Gasteiger partial charge is 0.870 e. The Labute approximate surface area is 79.4 Å². The topological polar surface area (TPSA) is 80.3 Å². The maximum atomic E-state index is 9.85. The van der Waals surface area contributed by atoms with Gasteiger partial charge in [0.05, 0.1) is 0 Å². The quantitative estimate of drug-likeness (QED) is 0.294. The molecule has 1 rings (SSSR count). The molecule has 0 heterocycles. The average molecular weight is 152 g/mol. The standard InChI is InChI=1S/C4H2O4.Ca/c5-1-2(6)4(8)3(1)7;/h5-6H;/q;+2/p-2. The molecule has 9 heavy (non-hydrogen) atoms. The monoisotopic (exact) mass is 152 g/mol. The second kappa shape index (κ2) is 2.68. The summed E-state index contributed by atoms with van der Waals surface area (Å²) in [7, 11) is 0. The molecule has 5 heteroatoms. The molecule has 0 N–H and O–H groups in total. The van der Waals surface area contributed by atoms with E-state index in [1.807, 2.05) is 0 Å². The minimum Gasteiger partial charge on any atom is -0.870 e. The van der Waals surface area contributed by atoms with E-state index < -0.39 is 22.4 Å². The fourth-order valence-electron chi connectivity index (χ4n) is 0.350. The van der Waals surface area contributed by atoms with E-state index in [-0.39, 0.29) is 37.7 Å². The molecule has 0 aliphatic rings. The summed E-state index contributed by atoms with van der Waals surface area (Å²) in [6, 6.07) is 0. The van der Waals surface area contributed by atoms with Crippen molar-refractivity contribution in [1.82, 2.24) is 0 Å². The van der Waals surface area contributed by atoms with Crippen LogP contribution in [0.3, 0.4) is 0 Å². The zero-order valence-electron chi connectivity index (χ0n) is 4.34. The van der Waals surface area contributed by atoms with Crippen LogP contribution in [0.25, 0.3) is 0 Å². The molecule has 1 aromatic carbocycles. The van der Waals surface area contributed by atoms with E-state index in [9.17, 15) is 19.8 Å². The van der Waals surface area contributed by atoms with Gasteiger partial charge in [0.15, 0.2) is 0 Å². The molecule has 0 aliphatic heterocycles. The fourth-order valence-corrected chi connectivity index (χ4v) is 0.350. The van der Waals surface area contributed by atoms with Crippen molar-refractivity contribution in [3.8, 4) is 11.5 Å². The van der Waals surface area contributed by atoms with Crippen LogP contribution in [-0.2, 0) is 0 Å². The van der Waals surface area contributed by atoms with Gasteiger partial charge in [0.25, 0.3) is 0 Å². The largest absolute Gasteiger partial charge is 2.00 e. The van der Waals surface area contributed by atoms with Crippen LogP contribution in [0.5, 0.6) is 11.5 Å². The summed E-state index contributed by atoms with van der Waals surface area (Å²) in [6.07, 6.45) is 0. The third kappa shape index (κ3) is 1.10. The predicted molar refractivity (Wildman–Crippen MR) is 26.0 cm³/mol. The van der Waals surface area contributed by atoms with Crippen molar-refractivity contribution < 1.29 is 10.2 Å². The van der Waals surface area contributed by atoms with Crippen molar-refractivity contribution >= 4 is 37.7 Å². The van der Waals surface area contributed by atoms with Gasteiger partial charge in [0.2, 0.25) is 10.9 Å². The van der Waals surface area contributed by atoms with Crippen molar-refractivity contribution in [1.29, 1.82) is 0 Å². The van der Waals surface area contributed by atoms with Gasteiger partial charge in [-0.2, -0.15) is 0 Å². The molecule has 0 radical (unpaired) electrons. The Hall–Kier alpha value is -0.0603. The maximum Gasteiger partial charge on any atom is 2.00 e. The van der Waals surface area contributed by atoms with Gasteiger partial charge in [0, 0.05) is 0 Å². The van der Waals surface area contributed by atoms with Gasteiger partial charge in [0.1, 0.15) is 0 Å². The molecule has 0 bridgehead atoms. The first-order chi connectivity index (χ1) is 3.64. The molecule has 0 aliphatic carbocycles. The van der Waals surface area contributed by atoms with E-state index in [0.29, 0.717) is 0 Å². The van der Waals surface area contributed by atoms with Crippen LogP contribution in [0.4, 0.5) is 0 Å². The van der Waals surface area contributed by atoms with E-state index in [2.05, 4.69) is 0 Å². The molecule has 0 unspecified atom stereocenters. The summed E-state index contributed by atoms with van der Waals surface area (Å²) in [5.74, 6) is -2.37. The summed E-state index contributed by atoms with van der Waals surface area (Å²) < 4.78 is 0. The van der Waals surface area contributed by atoms with Crippen molar-refractivity contribution in [2.24, 2.45) is 0 Å². The Kier molecular flexibility index (Phi) is 2.66.